The number of ether oxygens (including phenoxy) is 1. The summed E-state index contributed by atoms with van der Waals surface area (Å²) in [6, 6.07) is 0. The van der Waals surface area contributed by atoms with Gasteiger partial charge in [-0.05, 0) is 0 Å². The van der Waals surface area contributed by atoms with E-state index in [1.165, 1.54) is 0 Å². The Labute approximate surface area is 171 Å². The predicted molar refractivity (Wildman–Crippen MR) is 114 cm³/mol. The third kappa shape index (κ3) is 5.98. The summed E-state index contributed by atoms with van der Waals surface area (Å²) in [5, 5.41) is 2.96. The zero-order valence-electron chi connectivity index (χ0n) is 17.2. The Bertz CT molecular complexity index is 743. The fraction of sp³-hybridized carbons (Fsp3) is 0.684. The third-order valence-electron chi connectivity index (χ3n) is 5.12. The molecule has 9 nitrogen and oxygen atoms in total. The summed E-state index contributed by atoms with van der Waals surface area (Å²) in [7, 11) is -0.409. The summed E-state index contributed by atoms with van der Waals surface area (Å²) < 4.78 is 15.5. The van der Waals surface area contributed by atoms with Gasteiger partial charge in [0.05, 0.1) is 0 Å². The number of nitrogens with zero attached hydrogens (tertiary/aromatic N) is 1. The average Bonchev–Trinajstić information content (AvgIpc) is 2.91. The molecule has 0 bridgehead atoms. The standard InChI is InChI=1S/C19H32N2O7P/c1-4-7-14(8-5-2)19(24)27-13-28-29(25,26-3)12-11-21-10-6-9-20-15-16(21)18(23)17(15)22/h14,20,25,29H,3-13H2,1-2H3. The molecule has 0 atom stereocenters. The number of carbonyl (C=O) groups excluding carboxylic acids is 1. The van der Waals surface area contributed by atoms with Gasteiger partial charge in [0.2, 0.25) is 0 Å². The Balaban J connectivity index is 1.88. The summed E-state index contributed by atoms with van der Waals surface area (Å²) in [5.41, 5.74) is -0.352. The summed E-state index contributed by atoms with van der Waals surface area (Å²) >= 11 is 0. The van der Waals surface area contributed by atoms with Gasteiger partial charge in [0, 0.05) is 0 Å². The zero-order chi connectivity index (χ0) is 21.4. The van der Waals surface area contributed by atoms with Crippen molar-refractivity contribution >= 4 is 25.3 Å². The van der Waals surface area contributed by atoms with Crippen LogP contribution in [0.5, 0.6) is 0 Å². The molecule has 1 aliphatic heterocycles. The summed E-state index contributed by atoms with van der Waals surface area (Å²) in [5.74, 6) is -0.526. The topological polar surface area (TPSA) is 114 Å². The number of carbonyl (C=O) groups is 1. The molecule has 2 N–H and O–H groups in total. The first-order valence-corrected chi connectivity index (χ1v) is 12.1. The molecule has 0 saturated heterocycles. The second-order valence-electron chi connectivity index (χ2n) is 7.26. The van der Waals surface area contributed by atoms with Crippen molar-refractivity contribution in [3.05, 3.63) is 27.6 Å². The van der Waals surface area contributed by atoms with E-state index in [1.807, 2.05) is 13.8 Å². The monoisotopic (exact) mass is 431 g/mol. The molecule has 2 rings (SSSR count). The molecule has 0 aromatic heterocycles. The Morgan fingerprint density at radius 3 is 2.59 bits per heavy atom. The number of nitrogens with one attached hydrogen (secondary N) is 1. The molecular formula is C19H32N2O7P. The first-order valence-electron chi connectivity index (χ1n) is 10.1. The Morgan fingerprint density at radius 1 is 1.28 bits per heavy atom. The maximum atomic E-state index is 12.2. The van der Waals surface area contributed by atoms with Gasteiger partial charge >= 0.3 is 171 Å². The van der Waals surface area contributed by atoms with Gasteiger partial charge in [-0.15, -0.1) is 0 Å². The van der Waals surface area contributed by atoms with Crippen LogP contribution >= 0.6 is 7.94 Å². The van der Waals surface area contributed by atoms with Gasteiger partial charge in [0.25, 0.3) is 0 Å². The average molecular weight is 431 g/mol. The molecule has 0 saturated carbocycles. The molecule has 0 amide bonds. The molecule has 10 heteroatoms. The van der Waals surface area contributed by atoms with E-state index in [1.54, 1.807) is 4.90 Å². The molecule has 1 aliphatic rings. The second-order valence-corrected chi connectivity index (χ2v) is 9.76. The van der Waals surface area contributed by atoms with Crippen molar-refractivity contribution in [1.29, 1.82) is 0 Å². The SMILES string of the molecule is [CH2]O[PH](O)(CCN1CCCNc2c1c(=O)c2=O)OCOC(=O)C(CCC)CCC. The van der Waals surface area contributed by atoms with Crippen LogP contribution in [0.4, 0.5) is 11.4 Å². The van der Waals surface area contributed by atoms with Gasteiger partial charge in [-0.3, -0.25) is 0 Å². The number of fused-ring (bicyclic) bond motifs is 1. The van der Waals surface area contributed by atoms with E-state index >= 15 is 0 Å². The fourth-order valence-electron chi connectivity index (χ4n) is 3.50. The number of anilines is 2. The van der Waals surface area contributed by atoms with Crippen LogP contribution in [0.3, 0.4) is 0 Å². The van der Waals surface area contributed by atoms with E-state index in [2.05, 4.69) is 12.4 Å². The van der Waals surface area contributed by atoms with Crippen LogP contribution in [0.2, 0.25) is 0 Å². The molecule has 1 radical (unpaired) electrons. The minimum absolute atomic E-state index is 0.0830. The first kappa shape index (κ1) is 23.7. The molecule has 1 aromatic rings. The number of esters is 1. The van der Waals surface area contributed by atoms with Crippen LogP contribution in [0.1, 0.15) is 46.0 Å². The van der Waals surface area contributed by atoms with Crippen LogP contribution in [-0.2, 0) is 18.6 Å². The normalized spacial score (nSPS) is 15.1. The van der Waals surface area contributed by atoms with Crippen LogP contribution in [0.15, 0.2) is 9.59 Å². The van der Waals surface area contributed by atoms with E-state index in [0.29, 0.717) is 24.5 Å². The molecule has 0 unspecified atom stereocenters. The Kier molecular flexibility index (Phi) is 9.02. The van der Waals surface area contributed by atoms with Gasteiger partial charge in [-0.2, -0.15) is 0 Å². The van der Waals surface area contributed by atoms with E-state index in [0.717, 1.165) is 32.1 Å². The third-order valence-corrected chi connectivity index (χ3v) is 7.00. The first-order chi connectivity index (χ1) is 13.9. The van der Waals surface area contributed by atoms with Gasteiger partial charge < -0.3 is 0 Å². The molecule has 1 aromatic carbocycles. The molecule has 0 fully saturated rings. The van der Waals surface area contributed by atoms with Gasteiger partial charge in [-0.25, -0.2) is 0 Å². The van der Waals surface area contributed by atoms with E-state index in [4.69, 9.17) is 13.8 Å². The van der Waals surface area contributed by atoms with Crippen molar-refractivity contribution < 1.29 is 23.5 Å². The Hall–Kier alpha value is -1.54. The van der Waals surface area contributed by atoms with Crippen molar-refractivity contribution in [1.82, 2.24) is 0 Å². The molecule has 0 spiro atoms. The molecular weight excluding hydrogens is 399 g/mol. The van der Waals surface area contributed by atoms with Crippen LogP contribution in [-0.4, -0.2) is 43.5 Å². The van der Waals surface area contributed by atoms with Crippen molar-refractivity contribution in [3.8, 4) is 0 Å². The maximum absolute atomic E-state index is 12.2. The van der Waals surface area contributed by atoms with Crippen LogP contribution < -0.4 is 21.1 Å². The van der Waals surface area contributed by atoms with Gasteiger partial charge in [0.15, 0.2) is 0 Å². The van der Waals surface area contributed by atoms with E-state index < -0.39 is 25.6 Å². The van der Waals surface area contributed by atoms with Crippen molar-refractivity contribution in [2.75, 3.05) is 42.8 Å². The predicted octanol–water partition coefficient (Wildman–Crippen LogP) is 1.93. The van der Waals surface area contributed by atoms with Crippen molar-refractivity contribution in [3.63, 3.8) is 0 Å². The van der Waals surface area contributed by atoms with Crippen molar-refractivity contribution in [2.24, 2.45) is 5.92 Å². The van der Waals surface area contributed by atoms with Crippen LogP contribution in [0.25, 0.3) is 0 Å². The number of hydrogen-bond donors (Lipinski definition) is 2. The molecule has 0 aliphatic carbocycles. The Morgan fingerprint density at radius 2 is 1.97 bits per heavy atom. The minimum atomic E-state index is -3.70. The molecule has 165 valence electrons. The number of hydrogen-bond acceptors (Lipinski definition) is 9. The number of rotatable bonds is 12. The van der Waals surface area contributed by atoms with Gasteiger partial charge in [-0.1, -0.05) is 0 Å². The molecule has 1 heterocycles. The fourth-order valence-corrected chi connectivity index (χ4v) is 4.67. The second kappa shape index (κ2) is 11.0. The van der Waals surface area contributed by atoms with Gasteiger partial charge in [0.1, 0.15) is 0 Å². The van der Waals surface area contributed by atoms with Crippen LogP contribution in [0, 0.1) is 13.0 Å². The summed E-state index contributed by atoms with van der Waals surface area (Å²) in [6.07, 6.45) is 4.07. The zero-order valence-corrected chi connectivity index (χ0v) is 18.2. The quantitative estimate of drug-likeness (QED) is 0.222. The van der Waals surface area contributed by atoms with E-state index in [9.17, 15) is 19.3 Å². The van der Waals surface area contributed by atoms with Crippen molar-refractivity contribution in [2.45, 2.75) is 46.0 Å². The molecule has 29 heavy (non-hydrogen) atoms. The summed E-state index contributed by atoms with van der Waals surface area (Å²) in [4.78, 5) is 48.1. The van der Waals surface area contributed by atoms with E-state index in [-0.39, 0.29) is 24.6 Å². The summed E-state index contributed by atoms with van der Waals surface area (Å²) in [6.45, 7) is 5.04.